The van der Waals surface area contributed by atoms with Crippen molar-refractivity contribution >= 4 is 11.8 Å². The van der Waals surface area contributed by atoms with Gasteiger partial charge in [0.15, 0.2) is 0 Å². The van der Waals surface area contributed by atoms with Crippen LogP contribution in [0, 0.1) is 13.8 Å². The fourth-order valence-corrected chi connectivity index (χ4v) is 7.79. The van der Waals surface area contributed by atoms with Crippen molar-refractivity contribution in [2.24, 2.45) is 0 Å². The Labute approximate surface area is 159 Å². The molecule has 0 spiro atoms. The Hall–Kier alpha value is -1.54. The molecule has 1 nitrogen and oxygen atoms in total. The molecule has 4 rings (SSSR count). The monoisotopic (exact) mass is 415 g/mol. The minimum Gasteiger partial charge on any atom is -1.00 e. The summed E-state index contributed by atoms with van der Waals surface area (Å²) < 4.78 is 4.81. The van der Waals surface area contributed by atoms with Crippen molar-refractivity contribution < 1.29 is 32.6 Å². The SMILES string of the molecule is CC1=[C]([Zr+2][CH]2C(n3cc(C)cc3C)=Cc3ccccc32)CC=C1.[F-].[F-]. The summed E-state index contributed by atoms with van der Waals surface area (Å²) in [4.78, 5) is 0. The van der Waals surface area contributed by atoms with Gasteiger partial charge in [-0.3, -0.25) is 0 Å². The molecule has 0 radical (unpaired) electrons. The molecule has 1 unspecified atom stereocenters. The van der Waals surface area contributed by atoms with Crippen LogP contribution in [0.5, 0.6) is 0 Å². The summed E-state index contributed by atoms with van der Waals surface area (Å²) in [6.45, 7) is 6.70. The van der Waals surface area contributed by atoms with E-state index in [1.54, 1.807) is 8.84 Å². The van der Waals surface area contributed by atoms with Gasteiger partial charge in [-0.1, -0.05) is 0 Å². The molecule has 0 amide bonds. The maximum Gasteiger partial charge on any atom is -1.00 e. The minimum atomic E-state index is -0.695. The third kappa shape index (κ3) is 3.55. The van der Waals surface area contributed by atoms with Gasteiger partial charge in [-0.2, -0.15) is 0 Å². The van der Waals surface area contributed by atoms with Crippen molar-refractivity contribution in [1.29, 1.82) is 0 Å². The maximum absolute atomic E-state index is 2.43. The first-order valence-corrected chi connectivity index (χ1v) is 10.9. The molecule has 2 aliphatic rings. The zero-order valence-corrected chi connectivity index (χ0v) is 17.1. The number of fused-ring (bicyclic) bond motifs is 1. The van der Waals surface area contributed by atoms with Crippen LogP contribution in [0.2, 0.25) is 0 Å². The standard InChI is InChI=1S/C15H14N.C6H7.2FH.Zr/c1-11-7-12(2)16(10-11)15-8-13-5-3-4-6-14(13)9-15;1-6-4-2-3-5-6;;;/h3-10H,1-2H3;2,4H,3H2,1H3;2*1H;/q;;;;+2/p-2. The van der Waals surface area contributed by atoms with E-state index >= 15 is 0 Å². The van der Waals surface area contributed by atoms with E-state index < -0.39 is 23.2 Å². The van der Waals surface area contributed by atoms with Gasteiger partial charge in [0.2, 0.25) is 0 Å². The van der Waals surface area contributed by atoms with Crippen LogP contribution in [-0.2, 0) is 23.2 Å². The molecule has 0 saturated carbocycles. The average molecular weight is 417 g/mol. The number of aromatic nitrogens is 1. The fourth-order valence-electron chi connectivity index (χ4n) is 3.65. The topological polar surface area (TPSA) is 4.93 Å². The zero-order valence-electron chi connectivity index (χ0n) is 14.7. The summed E-state index contributed by atoms with van der Waals surface area (Å²) in [5, 5.41) is 0. The number of rotatable bonds is 3. The molecule has 1 aromatic carbocycles. The van der Waals surface area contributed by atoms with Crippen LogP contribution >= 0.6 is 0 Å². The van der Waals surface area contributed by atoms with E-state index in [1.807, 2.05) is 0 Å². The van der Waals surface area contributed by atoms with Crippen molar-refractivity contribution in [3.05, 3.63) is 79.9 Å². The molecule has 1 aromatic heterocycles. The van der Waals surface area contributed by atoms with E-state index in [0.29, 0.717) is 3.63 Å². The van der Waals surface area contributed by atoms with Crippen LogP contribution in [0.15, 0.2) is 57.5 Å². The Morgan fingerprint density at radius 1 is 1.08 bits per heavy atom. The second kappa shape index (κ2) is 7.78. The number of nitrogens with zero attached hydrogens (tertiary/aromatic N) is 1. The summed E-state index contributed by atoms with van der Waals surface area (Å²) in [6, 6.07) is 11.3. The number of hydrogen-bond donors (Lipinski definition) is 0. The molecule has 0 aliphatic heterocycles. The van der Waals surface area contributed by atoms with Gasteiger partial charge in [0, 0.05) is 0 Å². The van der Waals surface area contributed by atoms with Crippen molar-refractivity contribution in [1.82, 2.24) is 4.57 Å². The molecule has 2 aromatic rings. The molecule has 0 saturated heterocycles. The molecule has 0 bridgehead atoms. The van der Waals surface area contributed by atoms with Gasteiger partial charge >= 0.3 is 150 Å². The average Bonchev–Trinajstić information content (AvgIpc) is 3.19. The molecular weight excluding hydrogens is 395 g/mol. The van der Waals surface area contributed by atoms with Gasteiger partial charge in [-0.15, -0.1) is 0 Å². The maximum atomic E-state index is 2.43. The third-order valence-electron chi connectivity index (χ3n) is 4.82. The molecule has 0 fully saturated rings. The number of hydrogen-bond acceptors (Lipinski definition) is 0. The van der Waals surface area contributed by atoms with Gasteiger partial charge in [0.25, 0.3) is 0 Å². The molecule has 1 heterocycles. The number of benzene rings is 1. The molecule has 2 aliphatic carbocycles. The first-order chi connectivity index (χ1) is 11.1. The predicted octanol–water partition coefficient (Wildman–Crippen LogP) is -0.518. The molecule has 0 N–H and O–H groups in total. The van der Waals surface area contributed by atoms with Crippen LogP contribution < -0.4 is 9.41 Å². The van der Waals surface area contributed by atoms with Crippen LogP contribution in [0.4, 0.5) is 0 Å². The van der Waals surface area contributed by atoms with Crippen LogP contribution in [0.1, 0.15) is 39.4 Å². The zero-order chi connectivity index (χ0) is 16.0. The number of halogens is 2. The molecule has 25 heavy (non-hydrogen) atoms. The first kappa shape index (κ1) is 19.8. The van der Waals surface area contributed by atoms with Crippen molar-refractivity contribution in [2.75, 3.05) is 0 Å². The van der Waals surface area contributed by atoms with Gasteiger partial charge in [0.05, 0.1) is 0 Å². The summed E-state index contributed by atoms with van der Waals surface area (Å²) in [6.07, 6.45) is 10.6. The Kier molecular flexibility index (Phi) is 6.16. The first-order valence-electron chi connectivity index (χ1n) is 8.23. The predicted molar refractivity (Wildman–Crippen MR) is 93.7 cm³/mol. The summed E-state index contributed by atoms with van der Waals surface area (Å²) in [5.74, 6) is 0. The van der Waals surface area contributed by atoms with Crippen LogP contribution in [-0.4, -0.2) is 4.57 Å². The van der Waals surface area contributed by atoms with E-state index in [1.165, 1.54) is 34.5 Å². The molecular formula is C21H21F2NZr. The largest absolute Gasteiger partial charge is 1.00 e. The van der Waals surface area contributed by atoms with Crippen LogP contribution in [0.3, 0.4) is 0 Å². The minimum absolute atomic E-state index is 0. The Morgan fingerprint density at radius 2 is 1.84 bits per heavy atom. The summed E-state index contributed by atoms with van der Waals surface area (Å²) in [5.41, 5.74) is 8.69. The molecule has 1 atom stereocenters. The number of aryl methyl sites for hydroxylation is 2. The third-order valence-corrected chi connectivity index (χ3v) is 9.35. The Morgan fingerprint density at radius 3 is 2.48 bits per heavy atom. The smallest absolute Gasteiger partial charge is 1.00 e. The van der Waals surface area contributed by atoms with E-state index in [9.17, 15) is 0 Å². The Bertz CT molecular complexity index is 874. The van der Waals surface area contributed by atoms with E-state index in [0.717, 1.165) is 0 Å². The van der Waals surface area contributed by atoms with Crippen molar-refractivity contribution in [3.8, 4) is 0 Å². The summed E-state index contributed by atoms with van der Waals surface area (Å²) >= 11 is -0.695. The normalized spacial score (nSPS) is 17.6. The summed E-state index contributed by atoms with van der Waals surface area (Å²) in [7, 11) is 0. The van der Waals surface area contributed by atoms with E-state index in [2.05, 4.69) is 80.1 Å². The quantitative estimate of drug-likeness (QED) is 0.635. The Balaban J connectivity index is 0.00000113. The van der Waals surface area contributed by atoms with Gasteiger partial charge in [0.1, 0.15) is 0 Å². The van der Waals surface area contributed by atoms with Gasteiger partial charge in [-0.25, -0.2) is 0 Å². The van der Waals surface area contributed by atoms with Crippen molar-refractivity contribution in [2.45, 2.75) is 30.8 Å². The molecule has 4 heteroatoms. The van der Waals surface area contributed by atoms with Crippen molar-refractivity contribution in [3.63, 3.8) is 0 Å². The second-order valence-corrected chi connectivity index (χ2v) is 10.2. The molecule has 128 valence electrons. The van der Waals surface area contributed by atoms with Gasteiger partial charge < -0.3 is 9.41 Å². The van der Waals surface area contributed by atoms with E-state index in [4.69, 9.17) is 0 Å². The van der Waals surface area contributed by atoms with Gasteiger partial charge in [-0.05, 0) is 0 Å². The fraction of sp³-hybridized carbons (Fsp3) is 0.238. The number of allylic oxidation sites excluding steroid dienone is 5. The second-order valence-electron chi connectivity index (χ2n) is 6.57. The van der Waals surface area contributed by atoms with Crippen LogP contribution in [0.25, 0.3) is 11.8 Å². The van der Waals surface area contributed by atoms with E-state index in [-0.39, 0.29) is 9.41 Å².